The van der Waals surface area contributed by atoms with Gasteiger partial charge >= 0.3 is 18.1 Å². The van der Waals surface area contributed by atoms with Gasteiger partial charge in [-0.15, -0.1) is 0 Å². The number of nitriles is 1. The van der Waals surface area contributed by atoms with Crippen LogP contribution in [0.15, 0.2) is 66.7 Å². The minimum absolute atomic E-state index is 0.0717. The first-order valence-corrected chi connectivity index (χ1v) is 12.1. The van der Waals surface area contributed by atoms with Gasteiger partial charge in [-0.25, -0.2) is 9.59 Å². The van der Waals surface area contributed by atoms with Gasteiger partial charge < -0.3 is 25.7 Å². The molecule has 0 amide bonds. The van der Waals surface area contributed by atoms with Crippen molar-refractivity contribution >= 4 is 29.4 Å². The van der Waals surface area contributed by atoms with Crippen molar-refractivity contribution in [3.8, 4) is 17.6 Å². The van der Waals surface area contributed by atoms with Crippen molar-refractivity contribution in [1.82, 2.24) is 0 Å². The van der Waals surface area contributed by atoms with Crippen LogP contribution in [0.3, 0.4) is 0 Å². The maximum Gasteiger partial charge on any atom is 0.419 e. The highest BCUT2D eigenvalue weighted by Gasteiger charge is 2.35. The summed E-state index contributed by atoms with van der Waals surface area (Å²) < 4.78 is 56.0. The highest BCUT2D eigenvalue weighted by atomic mass is 19.4. The quantitative estimate of drug-likeness (QED) is 0.103. The smallest absolute Gasteiger partial charge is 0.419 e. The molecule has 4 N–H and O–H groups in total. The Morgan fingerprint density at radius 1 is 0.975 bits per heavy atom. The number of hydrogen-bond donors (Lipinski definition) is 2. The Labute approximate surface area is 228 Å². The van der Waals surface area contributed by atoms with Crippen LogP contribution in [0, 0.1) is 11.3 Å². The molecule has 0 aliphatic rings. The van der Waals surface area contributed by atoms with Crippen LogP contribution < -0.4 is 20.9 Å². The minimum Gasteiger partial charge on any atom is -0.493 e. The molecule has 40 heavy (non-hydrogen) atoms. The second kappa shape index (κ2) is 13.7. The Kier molecular flexibility index (Phi) is 10.1. The SMILES string of the molecule is N#CCCCOc1ccc(C(=O)Oc2ccc(/C=C/C(=O)OCCc3ccc(N)cc3N)cc2)cc1C(F)(F)F. The molecule has 0 saturated heterocycles. The first kappa shape index (κ1) is 29.6. The van der Waals surface area contributed by atoms with E-state index in [4.69, 9.17) is 30.9 Å². The van der Waals surface area contributed by atoms with Crippen LogP contribution in [0.25, 0.3) is 6.08 Å². The number of alkyl halides is 3. The third kappa shape index (κ3) is 8.80. The Morgan fingerprint density at radius 2 is 1.73 bits per heavy atom. The van der Waals surface area contributed by atoms with Crippen molar-refractivity contribution in [1.29, 1.82) is 5.26 Å². The van der Waals surface area contributed by atoms with Crippen LogP contribution in [0.4, 0.5) is 24.5 Å². The lowest BCUT2D eigenvalue weighted by Gasteiger charge is -2.15. The maximum absolute atomic E-state index is 13.5. The molecular formula is C29H26F3N3O5. The van der Waals surface area contributed by atoms with Gasteiger partial charge in [0.05, 0.1) is 30.4 Å². The highest BCUT2D eigenvalue weighted by molar-refractivity contribution is 5.91. The van der Waals surface area contributed by atoms with Crippen LogP contribution in [0.5, 0.6) is 11.5 Å². The lowest BCUT2D eigenvalue weighted by Crippen LogP contribution is -2.14. The molecule has 0 aliphatic carbocycles. The number of nitrogen functional groups attached to an aromatic ring is 2. The summed E-state index contributed by atoms with van der Waals surface area (Å²) in [6, 6.07) is 15.8. The molecule has 0 radical (unpaired) electrons. The lowest BCUT2D eigenvalue weighted by molar-refractivity contribution is -0.139. The van der Waals surface area contributed by atoms with E-state index in [1.54, 1.807) is 30.3 Å². The molecule has 0 atom stereocenters. The Hall–Kier alpha value is -4.98. The van der Waals surface area contributed by atoms with Gasteiger partial charge in [0.15, 0.2) is 0 Å². The Morgan fingerprint density at radius 3 is 2.40 bits per heavy atom. The zero-order chi connectivity index (χ0) is 29.1. The average molecular weight is 554 g/mol. The third-order valence-corrected chi connectivity index (χ3v) is 5.50. The average Bonchev–Trinajstić information content (AvgIpc) is 2.91. The van der Waals surface area contributed by atoms with E-state index in [9.17, 15) is 22.8 Å². The number of ether oxygens (including phenoxy) is 3. The molecule has 0 aromatic heterocycles. The van der Waals surface area contributed by atoms with Crippen molar-refractivity contribution in [2.45, 2.75) is 25.4 Å². The van der Waals surface area contributed by atoms with E-state index >= 15 is 0 Å². The molecule has 208 valence electrons. The normalized spacial score (nSPS) is 11.2. The largest absolute Gasteiger partial charge is 0.493 e. The number of carbonyl (C=O) groups excluding carboxylic acids is 2. The molecule has 0 saturated carbocycles. The van der Waals surface area contributed by atoms with Crippen LogP contribution in [0.1, 0.15) is 39.9 Å². The molecule has 3 aromatic rings. The minimum atomic E-state index is -4.76. The number of carbonyl (C=O) groups is 2. The van der Waals surface area contributed by atoms with Crippen molar-refractivity contribution < 1.29 is 37.0 Å². The second-order valence-electron chi connectivity index (χ2n) is 8.49. The topological polar surface area (TPSA) is 138 Å². The van der Waals surface area contributed by atoms with Gasteiger partial charge in [0.25, 0.3) is 0 Å². The number of anilines is 2. The first-order chi connectivity index (χ1) is 19.1. The second-order valence-corrected chi connectivity index (χ2v) is 8.49. The monoisotopic (exact) mass is 553 g/mol. The van der Waals surface area contributed by atoms with Gasteiger partial charge in [0.2, 0.25) is 0 Å². The fourth-order valence-corrected chi connectivity index (χ4v) is 3.47. The van der Waals surface area contributed by atoms with Crippen LogP contribution in [0.2, 0.25) is 0 Å². The van der Waals surface area contributed by atoms with E-state index < -0.39 is 29.4 Å². The van der Waals surface area contributed by atoms with Gasteiger partial charge in [0, 0.05) is 30.3 Å². The standard InChI is InChI=1S/C29H26F3N3O5/c30-29(31,32)24-17-21(7-11-26(24)38-15-2-1-14-33)28(37)40-23-9-3-19(4-10-23)5-12-27(36)39-16-13-20-6-8-22(34)18-25(20)35/h3-12,17-18H,1-2,13,15-16,34-35H2/b12-5+. The zero-order valence-electron chi connectivity index (χ0n) is 21.2. The zero-order valence-corrected chi connectivity index (χ0v) is 21.2. The summed E-state index contributed by atoms with van der Waals surface area (Å²) in [5.74, 6) is -1.90. The van der Waals surface area contributed by atoms with Crippen LogP contribution in [-0.2, 0) is 22.1 Å². The van der Waals surface area contributed by atoms with Gasteiger partial charge in [-0.2, -0.15) is 18.4 Å². The molecule has 0 spiro atoms. The molecule has 3 rings (SSSR count). The fraction of sp³-hybridized carbons (Fsp3) is 0.207. The summed E-state index contributed by atoms with van der Waals surface area (Å²) >= 11 is 0. The number of hydrogen-bond acceptors (Lipinski definition) is 8. The van der Waals surface area contributed by atoms with Gasteiger partial charge in [0.1, 0.15) is 11.5 Å². The maximum atomic E-state index is 13.5. The summed E-state index contributed by atoms with van der Waals surface area (Å²) in [5, 5.41) is 8.54. The molecule has 0 aliphatic heterocycles. The van der Waals surface area contributed by atoms with Crippen LogP contribution in [-0.4, -0.2) is 25.2 Å². The molecule has 11 heteroatoms. The molecule has 0 unspecified atom stereocenters. The number of esters is 2. The third-order valence-electron chi connectivity index (χ3n) is 5.50. The van der Waals surface area contributed by atoms with E-state index in [1.165, 1.54) is 30.4 Å². The highest BCUT2D eigenvalue weighted by Crippen LogP contribution is 2.37. The Bertz CT molecular complexity index is 1410. The van der Waals surface area contributed by atoms with E-state index in [1.807, 2.05) is 6.07 Å². The summed E-state index contributed by atoms with van der Waals surface area (Å²) in [4.78, 5) is 24.5. The molecule has 0 heterocycles. The van der Waals surface area contributed by atoms with E-state index in [0.29, 0.717) is 29.4 Å². The fourth-order valence-electron chi connectivity index (χ4n) is 3.47. The number of unbranched alkanes of at least 4 members (excludes halogenated alkanes) is 1. The van der Waals surface area contributed by atoms with Gasteiger partial charge in [-0.3, -0.25) is 0 Å². The molecule has 0 bridgehead atoms. The molecular weight excluding hydrogens is 527 g/mol. The lowest BCUT2D eigenvalue weighted by atomic mass is 10.1. The van der Waals surface area contributed by atoms with Gasteiger partial charge in [-0.05, 0) is 66.1 Å². The summed E-state index contributed by atoms with van der Waals surface area (Å²) in [6.45, 7) is 0.0498. The van der Waals surface area contributed by atoms with E-state index in [0.717, 1.165) is 11.6 Å². The van der Waals surface area contributed by atoms with Crippen molar-refractivity contribution in [3.05, 3.63) is 89.0 Å². The number of rotatable bonds is 11. The molecule has 0 fully saturated rings. The molecule has 8 nitrogen and oxygen atoms in total. The summed E-state index contributed by atoms with van der Waals surface area (Å²) in [7, 11) is 0. The number of benzene rings is 3. The van der Waals surface area contributed by atoms with Crippen molar-refractivity contribution in [2.75, 3.05) is 24.7 Å². The predicted octanol–water partition coefficient (Wildman–Crippen LogP) is 5.57. The predicted molar refractivity (Wildman–Crippen MR) is 142 cm³/mol. The number of halogens is 3. The molecule has 3 aromatic carbocycles. The summed E-state index contributed by atoms with van der Waals surface area (Å²) in [5.41, 5.74) is 12.6. The van der Waals surface area contributed by atoms with Crippen molar-refractivity contribution in [2.24, 2.45) is 0 Å². The number of nitrogens with two attached hydrogens (primary N) is 2. The first-order valence-electron chi connectivity index (χ1n) is 12.1. The number of nitrogens with zero attached hydrogens (tertiary/aromatic N) is 1. The van der Waals surface area contributed by atoms with Gasteiger partial charge in [-0.1, -0.05) is 18.2 Å². The van der Waals surface area contributed by atoms with Crippen molar-refractivity contribution in [3.63, 3.8) is 0 Å². The van der Waals surface area contributed by atoms with E-state index in [2.05, 4.69) is 0 Å². The summed E-state index contributed by atoms with van der Waals surface area (Å²) in [6.07, 6.45) is -1.20. The van der Waals surface area contributed by atoms with Crippen LogP contribution >= 0.6 is 0 Å². The van der Waals surface area contributed by atoms with E-state index in [-0.39, 0.29) is 37.4 Å². The Balaban J connectivity index is 1.55.